The molecule has 3 aromatic rings. The van der Waals surface area contributed by atoms with Gasteiger partial charge in [0.1, 0.15) is 17.5 Å². The first-order valence-corrected chi connectivity index (χ1v) is 15.5. The fourth-order valence-electron chi connectivity index (χ4n) is 8.22. The van der Waals surface area contributed by atoms with Gasteiger partial charge in [-0.05, 0) is 44.4 Å². The Hall–Kier alpha value is -4.09. The van der Waals surface area contributed by atoms with E-state index in [0.29, 0.717) is 58.1 Å². The van der Waals surface area contributed by atoms with Gasteiger partial charge < -0.3 is 29.2 Å². The maximum absolute atomic E-state index is 11.9. The second-order valence-corrected chi connectivity index (χ2v) is 12.6. The maximum atomic E-state index is 11.9. The molecule has 3 aliphatic rings. The van der Waals surface area contributed by atoms with Crippen LogP contribution in [0.3, 0.4) is 0 Å². The van der Waals surface area contributed by atoms with Crippen LogP contribution in [0.5, 0.6) is 34.5 Å². The summed E-state index contributed by atoms with van der Waals surface area (Å²) in [7, 11) is 6.28. The summed E-state index contributed by atoms with van der Waals surface area (Å²) in [6, 6.07) is 8.20. The summed E-state index contributed by atoms with van der Waals surface area (Å²) >= 11 is 3.56. The molecule has 1 saturated heterocycles. The molecule has 0 radical (unpaired) electrons. The first-order chi connectivity index (χ1) is 21.7. The number of hydrogen-bond donors (Lipinski definition) is 2. The van der Waals surface area contributed by atoms with E-state index >= 15 is 0 Å². The van der Waals surface area contributed by atoms with E-state index in [1.165, 1.54) is 14.2 Å². The van der Waals surface area contributed by atoms with Crippen LogP contribution in [0.4, 0.5) is 0 Å². The highest BCUT2D eigenvalue weighted by molar-refractivity contribution is 9.10. The van der Waals surface area contributed by atoms with Crippen molar-refractivity contribution >= 4 is 15.9 Å². The number of rotatable bonds is 6. The van der Waals surface area contributed by atoms with Crippen molar-refractivity contribution in [1.82, 2.24) is 9.80 Å². The molecule has 2 N–H and O–H groups in total. The number of phenols is 2. The summed E-state index contributed by atoms with van der Waals surface area (Å²) in [4.78, 5) is 4.36. The Morgan fingerprint density at radius 2 is 1.36 bits per heavy atom. The van der Waals surface area contributed by atoms with Crippen LogP contribution < -0.4 is 18.9 Å². The van der Waals surface area contributed by atoms with Gasteiger partial charge >= 0.3 is 0 Å². The average Bonchev–Trinajstić information content (AvgIpc) is 3.02. The van der Waals surface area contributed by atoms with Gasteiger partial charge in [0, 0.05) is 49.9 Å². The molecule has 0 aromatic heterocycles. The van der Waals surface area contributed by atoms with E-state index in [0.717, 1.165) is 21.2 Å². The van der Waals surface area contributed by atoms with Crippen molar-refractivity contribution in [2.24, 2.45) is 0 Å². The molecule has 6 rings (SSSR count). The minimum absolute atomic E-state index is 0.0206. The third-order valence-electron chi connectivity index (χ3n) is 9.82. The minimum atomic E-state index is -0.638. The Morgan fingerprint density at radius 1 is 0.844 bits per heavy atom. The average molecular weight is 675 g/mol. The van der Waals surface area contributed by atoms with Gasteiger partial charge in [-0.3, -0.25) is 9.80 Å². The predicted molar refractivity (Wildman–Crippen MR) is 172 cm³/mol. The van der Waals surface area contributed by atoms with E-state index in [1.54, 1.807) is 14.2 Å². The van der Waals surface area contributed by atoms with E-state index in [9.17, 15) is 15.5 Å². The molecular formula is C35H36BrN3O6. The van der Waals surface area contributed by atoms with Gasteiger partial charge in [-0.1, -0.05) is 34.0 Å². The molecule has 0 amide bonds. The second-order valence-electron chi connectivity index (χ2n) is 11.7. The molecule has 234 valence electrons. The summed E-state index contributed by atoms with van der Waals surface area (Å²) in [5.41, 5.74) is 5.25. The van der Waals surface area contributed by atoms with E-state index in [-0.39, 0.29) is 30.1 Å². The molecule has 0 spiro atoms. The Kier molecular flexibility index (Phi) is 8.03. The Balaban J connectivity index is 1.72. The molecule has 0 unspecified atom stereocenters. The van der Waals surface area contributed by atoms with Crippen LogP contribution in [0.1, 0.15) is 51.0 Å². The maximum Gasteiger partial charge on any atom is 0.167 e. The molecule has 45 heavy (non-hydrogen) atoms. The molecule has 0 saturated carbocycles. The zero-order valence-corrected chi connectivity index (χ0v) is 27.7. The number of piperazine rings is 1. The fourth-order valence-corrected chi connectivity index (χ4v) is 8.48. The quantitative estimate of drug-likeness (QED) is 0.336. The third-order valence-corrected chi connectivity index (χ3v) is 10.3. The van der Waals surface area contributed by atoms with E-state index in [1.807, 2.05) is 38.1 Å². The number of ether oxygens (including phenoxy) is 4. The van der Waals surface area contributed by atoms with Gasteiger partial charge in [0.05, 0.1) is 53.1 Å². The number of nitriles is 1. The lowest BCUT2D eigenvalue weighted by molar-refractivity contribution is -0.0715. The number of benzene rings is 3. The number of halogens is 1. The predicted octanol–water partition coefficient (Wildman–Crippen LogP) is 5.33. The molecule has 5 atom stereocenters. The molecule has 10 heteroatoms. The number of fused-ring (bicyclic) bond motifs is 7. The second kappa shape index (κ2) is 11.7. The van der Waals surface area contributed by atoms with Crippen LogP contribution in [-0.2, 0) is 12.8 Å². The van der Waals surface area contributed by atoms with Crippen molar-refractivity contribution in [3.8, 4) is 52.9 Å². The number of aromatic hydroxyl groups is 2. The van der Waals surface area contributed by atoms with Gasteiger partial charge in [-0.25, -0.2) is 0 Å². The van der Waals surface area contributed by atoms with Crippen molar-refractivity contribution < 1.29 is 29.2 Å². The van der Waals surface area contributed by atoms with Crippen LogP contribution in [-0.4, -0.2) is 73.1 Å². The zero-order valence-electron chi connectivity index (χ0n) is 26.1. The normalized spacial score (nSPS) is 23.5. The summed E-state index contributed by atoms with van der Waals surface area (Å²) in [5, 5.41) is 34.7. The minimum Gasteiger partial charge on any atom is -0.504 e. The first-order valence-electron chi connectivity index (χ1n) is 14.7. The molecule has 3 aromatic carbocycles. The number of terminal acetylenes is 1. The SMILES string of the molecule is C#CCN1[C@@H]2c3c(O)c(OC)c(C)c(OC)c3C[C@H]1[C@H](C#N)N1[C@@H](c3ccc(Br)cc3)c3c(O)c(OC)c(C)c(OC)c3C[C@@H]21. The highest BCUT2D eigenvalue weighted by Crippen LogP contribution is 2.60. The Labute approximate surface area is 272 Å². The van der Waals surface area contributed by atoms with E-state index in [2.05, 4.69) is 37.7 Å². The smallest absolute Gasteiger partial charge is 0.167 e. The van der Waals surface area contributed by atoms with Crippen molar-refractivity contribution in [2.45, 2.75) is 56.9 Å². The lowest BCUT2D eigenvalue weighted by Gasteiger charge is -2.60. The molecule has 3 heterocycles. The van der Waals surface area contributed by atoms with Gasteiger partial charge in [0.2, 0.25) is 0 Å². The lowest BCUT2D eigenvalue weighted by atomic mass is 9.70. The number of methoxy groups -OCH3 is 4. The van der Waals surface area contributed by atoms with Gasteiger partial charge in [-0.15, -0.1) is 6.42 Å². The zero-order chi connectivity index (χ0) is 32.3. The van der Waals surface area contributed by atoms with Crippen molar-refractivity contribution in [3.05, 3.63) is 67.7 Å². The lowest BCUT2D eigenvalue weighted by Crippen LogP contribution is -2.69. The number of hydrogen-bond acceptors (Lipinski definition) is 9. The molecule has 3 aliphatic heterocycles. The Bertz CT molecular complexity index is 1760. The number of phenolic OH excluding ortho intramolecular Hbond substituents is 2. The third kappa shape index (κ3) is 4.34. The van der Waals surface area contributed by atoms with Crippen molar-refractivity contribution in [3.63, 3.8) is 0 Å². The van der Waals surface area contributed by atoms with Crippen LogP contribution in [0.2, 0.25) is 0 Å². The molecule has 9 nitrogen and oxygen atoms in total. The molecule has 0 aliphatic carbocycles. The fraction of sp³-hybridized carbons (Fsp3) is 0.400. The summed E-state index contributed by atoms with van der Waals surface area (Å²) in [6.45, 7) is 3.99. The van der Waals surface area contributed by atoms with Crippen LogP contribution >= 0.6 is 15.9 Å². The number of nitrogens with zero attached hydrogens (tertiary/aromatic N) is 3. The molecule has 1 fully saturated rings. The van der Waals surface area contributed by atoms with Crippen LogP contribution in [0.15, 0.2) is 28.7 Å². The van der Waals surface area contributed by atoms with Crippen LogP contribution in [0, 0.1) is 37.5 Å². The largest absolute Gasteiger partial charge is 0.504 e. The van der Waals surface area contributed by atoms with E-state index in [4.69, 9.17) is 25.4 Å². The summed E-state index contributed by atoms with van der Waals surface area (Å²) in [6.07, 6.45) is 6.79. The first kappa shape index (κ1) is 30.9. The monoisotopic (exact) mass is 673 g/mol. The molecular weight excluding hydrogens is 638 g/mol. The van der Waals surface area contributed by atoms with E-state index < -0.39 is 18.1 Å². The summed E-state index contributed by atoms with van der Waals surface area (Å²) < 4.78 is 24.3. The van der Waals surface area contributed by atoms with Gasteiger partial charge in [-0.2, -0.15) is 5.26 Å². The summed E-state index contributed by atoms with van der Waals surface area (Å²) in [5.74, 6) is 4.80. The van der Waals surface area contributed by atoms with Gasteiger partial charge in [0.25, 0.3) is 0 Å². The van der Waals surface area contributed by atoms with Gasteiger partial charge in [0.15, 0.2) is 23.0 Å². The van der Waals surface area contributed by atoms with Crippen LogP contribution in [0.25, 0.3) is 0 Å². The topological polar surface area (TPSA) is 108 Å². The highest BCUT2D eigenvalue weighted by atomic mass is 79.9. The Morgan fingerprint density at radius 3 is 1.87 bits per heavy atom. The van der Waals surface area contributed by atoms with Crippen molar-refractivity contribution in [1.29, 1.82) is 5.26 Å². The standard InChI is InChI=1S/C35H36BrN3O6/c1-8-13-38-23-14-21-27(31(41)35(45-7)17(2)32(21)42-4)29(38)24-15-22-26(30(40)34(44-6)18(3)33(22)43-5)28(39(24)25(23)16-37)19-9-11-20(36)12-10-19/h1,9-12,23-25,28-29,40-41H,13-15H2,2-7H3/t23-,24-,25-,28-,29-/m0/s1. The molecule has 2 bridgehead atoms. The van der Waals surface area contributed by atoms with Crippen molar-refractivity contribution in [2.75, 3.05) is 35.0 Å². The highest BCUT2D eigenvalue weighted by Gasteiger charge is 2.58.